The van der Waals surface area contributed by atoms with E-state index in [1.165, 1.54) is 53.9 Å². The quantitative estimate of drug-likeness (QED) is 0.404. The van der Waals surface area contributed by atoms with Gasteiger partial charge in [0.1, 0.15) is 12.3 Å². The minimum Gasteiger partial charge on any atom is -0.495 e. The monoisotopic (exact) mass is 577 g/mol. The first-order chi connectivity index (χ1) is 18.1. The van der Waals surface area contributed by atoms with Gasteiger partial charge in [0.25, 0.3) is 10.0 Å². The molecule has 4 rings (SSSR count). The van der Waals surface area contributed by atoms with E-state index in [4.69, 9.17) is 16.3 Å². The van der Waals surface area contributed by atoms with Crippen LogP contribution in [0, 0.1) is 0 Å². The van der Waals surface area contributed by atoms with Crippen molar-refractivity contribution in [1.29, 1.82) is 0 Å². The van der Waals surface area contributed by atoms with Crippen molar-refractivity contribution in [2.75, 3.05) is 36.4 Å². The summed E-state index contributed by atoms with van der Waals surface area (Å²) in [5.41, 5.74) is 0.309. The number of hydrogen-bond acceptors (Lipinski definition) is 6. The van der Waals surface area contributed by atoms with Gasteiger partial charge in [-0.1, -0.05) is 42.3 Å². The highest BCUT2D eigenvalue weighted by Crippen LogP contribution is 2.31. The summed E-state index contributed by atoms with van der Waals surface area (Å²) in [7, 11) is -6.52. The molecule has 1 aliphatic heterocycles. The van der Waals surface area contributed by atoms with Gasteiger partial charge in [0, 0.05) is 18.1 Å². The molecule has 38 heavy (non-hydrogen) atoms. The molecule has 9 nitrogen and oxygen atoms in total. The second kappa shape index (κ2) is 11.7. The summed E-state index contributed by atoms with van der Waals surface area (Å²) in [4.78, 5) is 13.2. The first-order valence-electron chi connectivity index (χ1n) is 11.9. The molecular formula is C26H28ClN3O6S2. The van der Waals surface area contributed by atoms with Gasteiger partial charge >= 0.3 is 0 Å². The van der Waals surface area contributed by atoms with Crippen LogP contribution in [0.5, 0.6) is 5.75 Å². The van der Waals surface area contributed by atoms with E-state index < -0.39 is 32.5 Å². The molecule has 0 aliphatic carbocycles. The normalized spacial score (nSPS) is 14.6. The number of nitrogens with one attached hydrogen (secondary N) is 1. The predicted octanol–water partition coefficient (Wildman–Crippen LogP) is 4.36. The fourth-order valence-corrected chi connectivity index (χ4v) is 7.35. The van der Waals surface area contributed by atoms with E-state index in [1.54, 1.807) is 30.3 Å². The molecule has 1 amide bonds. The van der Waals surface area contributed by atoms with Crippen molar-refractivity contribution in [3.8, 4) is 5.75 Å². The summed E-state index contributed by atoms with van der Waals surface area (Å²) in [5, 5.41) is 2.93. The highest BCUT2D eigenvalue weighted by atomic mass is 35.5. The van der Waals surface area contributed by atoms with Crippen molar-refractivity contribution >= 4 is 48.9 Å². The van der Waals surface area contributed by atoms with Crippen molar-refractivity contribution in [3.05, 3.63) is 77.8 Å². The Hall–Kier alpha value is -3.12. The molecule has 1 aliphatic rings. The van der Waals surface area contributed by atoms with Crippen LogP contribution in [0.3, 0.4) is 0 Å². The zero-order chi connectivity index (χ0) is 27.3. The lowest BCUT2D eigenvalue weighted by atomic mass is 10.2. The van der Waals surface area contributed by atoms with Crippen molar-refractivity contribution in [3.63, 3.8) is 0 Å². The van der Waals surface area contributed by atoms with Crippen LogP contribution in [0.15, 0.2) is 82.6 Å². The fourth-order valence-electron chi connectivity index (χ4n) is 4.19. The highest BCUT2D eigenvalue weighted by molar-refractivity contribution is 7.92. The van der Waals surface area contributed by atoms with E-state index in [1.807, 2.05) is 0 Å². The number of hydrogen-bond donors (Lipinski definition) is 1. The van der Waals surface area contributed by atoms with Crippen LogP contribution in [0.4, 0.5) is 11.4 Å². The van der Waals surface area contributed by atoms with Crippen molar-refractivity contribution in [2.45, 2.75) is 29.1 Å². The van der Waals surface area contributed by atoms with Crippen LogP contribution >= 0.6 is 11.6 Å². The van der Waals surface area contributed by atoms with Gasteiger partial charge in [0.2, 0.25) is 15.9 Å². The number of piperidine rings is 1. The summed E-state index contributed by atoms with van der Waals surface area (Å²) < 4.78 is 61.1. The molecule has 3 aromatic carbocycles. The number of sulfonamides is 2. The van der Waals surface area contributed by atoms with Gasteiger partial charge in [-0.15, -0.1) is 0 Å². The zero-order valence-electron chi connectivity index (χ0n) is 20.7. The van der Waals surface area contributed by atoms with Crippen LogP contribution < -0.4 is 14.4 Å². The third-order valence-corrected chi connectivity index (χ3v) is 10.0. The molecule has 0 atom stereocenters. The largest absolute Gasteiger partial charge is 0.495 e. The maximum atomic E-state index is 13.5. The first-order valence-corrected chi connectivity index (χ1v) is 15.2. The third kappa shape index (κ3) is 6.12. The predicted molar refractivity (Wildman–Crippen MR) is 147 cm³/mol. The number of amides is 1. The Balaban J connectivity index is 1.65. The number of carbonyl (C=O) groups excluding carboxylic acids is 1. The number of benzene rings is 3. The van der Waals surface area contributed by atoms with E-state index in [2.05, 4.69) is 5.32 Å². The molecule has 12 heteroatoms. The summed E-state index contributed by atoms with van der Waals surface area (Å²) in [6.45, 7) is 0.272. The molecule has 202 valence electrons. The average Bonchev–Trinajstić information content (AvgIpc) is 2.92. The lowest BCUT2D eigenvalue weighted by Crippen LogP contribution is -2.38. The number of carbonyl (C=O) groups is 1. The van der Waals surface area contributed by atoms with E-state index in [0.29, 0.717) is 18.1 Å². The highest BCUT2D eigenvalue weighted by Gasteiger charge is 2.29. The molecular weight excluding hydrogens is 550 g/mol. The van der Waals surface area contributed by atoms with E-state index in [9.17, 15) is 21.6 Å². The molecule has 1 saturated heterocycles. The SMILES string of the molecule is COc1ccc(S(=O)(=O)N2CCCCC2)cc1NC(=O)CN(c1cccc(Cl)c1)S(=O)(=O)c1ccccc1. The molecule has 0 radical (unpaired) electrons. The van der Waals surface area contributed by atoms with Gasteiger partial charge in [-0.2, -0.15) is 4.31 Å². The van der Waals surface area contributed by atoms with E-state index in [0.717, 1.165) is 23.6 Å². The summed E-state index contributed by atoms with van der Waals surface area (Å²) in [5.74, 6) is -0.466. The van der Waals surface area contributed by atoms with Gasteiger partial charge in [-0.05, 0) is 61.4 Å². The van der Waals surface area contributed by atoms with Crippen LogP contribution in [0.25, 0.3) is 0 Å². The summed E-state index contributed by atoms with van der Waals surface area (Å²) in [6.07, 6.45) is 2.55. The molecule has 1 N–H and O–H groups in total. The fraction of sp³-hybridized carbons (Fsp3) is 0.269. The molecule has 1 heterocycles. The van der Waals surface area contributed by atoms with E-state index >= 15 is 0 Å². The minimum absolute atomic E-state index is 0.0000200. The second-order valence-electron chi connectivity index (χ2n) is 8.68. The van der Waals surface area contributed by atoms with Crippen LogP contribution in [-0.4, -0.2) is 53.8 Å². The van der Waals surface area contributed by atoms with Crippen LogP contribution in [0.1, 0.15) is 19.3 Å². The van der Waals surface area contributed by atoms with Crippen molar-refractivity contribution < 1.29 is 26.4 Å². The number of methoxy groups -OCH3 is 1. The van der Waals surface area contributed by atoms with Crippen LogP contribution in [0.2, 0.25) is 5.02 Å². The topological polar surface area (TPSA) is 113 Å². The number of anilines is 2. The minimum atomic E-state index is -4.14. The molecule has 3 aromatic rings. The van der Waals surface area contributed by atoms with Gasteiger partial charge in [0.05, 0.1) is 28.3 Å². The van der Waals surface area contributed by atoms with Gasteiger partial charge < -0.3 is 10.1 Å². The Labute approximate surface area is 228 Å². The van der Waals surface area contributed by atoms with Gasteiger partial charge in [0.15, 0.2) is 0 Å². The maximum absolute atomic E-state index is 13.5. The zero-order valence-corrected chi connectivity index (χ0v) is 23.1. The third-order valence-electron chi connectivity index (χ3n) is 6.11. The maximum Gasteiger partial charge on any atom is 0.264 e. The number of ether oxygens (including phenoxy) is 1. The molecule has 0 bridgehead atoms. The van der Waals surface area contributed by atoms with Crippen molar-refractivity contribution in [2.24, 2.45) is 0 Å². The molecule has 0 unspecified atom stereocenters. The summed E-state index contributed by atoms with van der Waals surface area (Å²) in [6, 6.07) is 18.1. The molecule has 0 spiro atoms. The smallest absolute Gasteiger partial charge is 0.264 e. The Morgan fingerprint density at radius 1 is 0.921 bits per heavy atom. The first kappa shape index (κ1) is 27.9. The molecule has 0 aromatic heterocycles. The average molecular weight is 578 g/mol. The lowest BCUT2D eigenvalue weighted by Gasteiger charge is -2.26. The Bertz CT molecular complexity index is 1510. The Morgan fingerprint density at radius 3 is 2.29 bits per heavy atom. The lowest BCUT2D eigenvalue weighted by molar-refractivity contribution is -0.114. The van der Waals surface area contributed by atoms with Gasteiger partial charge in [-0.25, -0.2) is 16.8 Å². The van der Waals surface area contributed by atoms with Crippen molar-refractivity contribution in [1.82, 2.24) is 4.31 Å². The Morgan fingerprint density at radius 2 is 1.63 bits per heavy atom. The standard InChI is InChI=1S/C26H28ClN3O6S2/c1-36-25-14-13-23(37(32,33)29-15-6-3-7-16-29)18-24(25)28-26(31)19-30(21-10-8-9-20(27)17-21)38(34,35)22-11-4-2-5-12-22/h2,4-5,8-14,17-18H,3,6-7,15-16,19H2,1H3,(H,28,31). The number of nitrogens with zero attached hydrogens (tertiary/aromatic N) is 2. The van der Waals surface area contributed by atoms with Crippen LogP contribution in [-0.2, 0) is 24.8 Å². The number of halogens is 1. The Kier molecular flexibility index (Phi) is 8.61. The molecule has 0 saturated carbocycles. The van der Waals surface area contributed by atoms with Gasteiger partial charge in [-0.3, -0.25) is 9.10 Å². The molecule has 1 fully saturated rings. The number of rotatable bonds is 9. The summed E-state index contributed by atoms with van der Waals surface area (Å²) >= 11 is 6.12. The van der Waals surface area contributed by atoms with E-state index in [-0.39, 0.29) is 26.9 Å². The second-order valence-corrected chi connectivity index (χ2v) is 12.9.